The first-order chi connectivity index (χ1) is 12.3. The molecule has 1 aromatic heterocycles. The molecular formula is C19H21ClN4O2. The maximum Gasteiger partial charge on any atom is 0.285 e. The highest BCUT2D eigenvalue weighted by Gasteiger charge is 2.17. The van der Waals surface area contributed by atoms with Crippen molar-refractivity contribution < 1.29 is 4.79 Å². The number of amides is 1. The van der Waals surface area contributed by atoms with Crippen molar-refractivity contribution in [1.82, 2.24) is 9.78 Å². The summed E-state index contributed by atoms with van der Waals surface area (Å²) in [7, 11) is 0. The molecule has 6 nitrogen and oxygen atoms in total. The normalized spacial score (nSPS) is 10.5. The van der Waals surface area contributed by atoms with Crippen LogP contribution in [0.3, 0.4) is 0 Å². The Labute approximate surface area is 157 Å². The lowest BCUT2D eigenvalue weighted by Crippen LogP contribution is -2.32. The molecule has 0 atom stereocenters. The lowest BCUT2D eigenvalue weighted by Gasteiger charge is -2.16. The van der Waals surface area contributed by atoms with Crippen LogP contribution in [-0.2, 0) is 24.2 Å². The van der Waals surface area contributed by atoms with E-state index in [2.05, 4.69) is 10.4 Å². The van der Waals surface area contributed by atoms with Gasteiger partial charge in [0.2, 0.25) is 5.91 Å². The number of carbonyl (C=O) groups is 1. The van der Waals surface area contributed by atoms with E-state index < -0.39 is 11.5 Å². The number of carbonyl (C=O) groups excluding carboxylic acids is 1. The molecule has 2 aromatic rings. The molecule has 0 aliphatic carbocycles. The van der Waals surface area contributed by atoms with Gasteiger partial charge in [-0.05, 0) is 49.4 Å². The Bertz CT molecular complexity index is 957. The largest absolute Gasteiger partial charge is 0.324 e. The fourth-order valence-corrected chi connectivity index (χ4v) is 3.08. The van der Waals surface area contributed by atoms with Crippen LogP contribution in [0.4, 0.5) is 5.69 Å². The molecule has 1 amide bonds. The number of aryl methyl sites for hydroxylation is 2. The van der Waals surface area contributed by atoms with E-state index in [9.17, 15) is 14.9 Å². The molecule has 0 spiro atoms. The highest BCUT2D eigenvalue weighted by Crippen LogP contribution is 2.29. The van der Waals surface area contributed by atoms with Gasteiger partial charge in [-0.3, -0.25) is 9.59 Å². The number of nitriles is 1. The standard InChI is InChI=1S/C19H21ClN4O2/c1-5-13-7-8-16(20)14(6-2)18(13)22-17(25)10-24-19(26)15(9-21)11(3)12(4)23-24/h7-8H,5-6,10H2,1-4H3,(H,22,25). The highest BCUT2D eigenvalue weighted by atomic mass is 35.5. The van der Waals surface area contributed by atoms with Gasteiger partial charge in [-0.15, -0.1) is 0 Å². The number of hydrogen-bond donors (Lipinski definition) is 1. The Hall–Kier alpha value is -2.65. The predicted molar refractivity (Wildman–Crippen MR) is 102 cm³/mol. The Morgan fingerprint density at radius 1 is 1.31 bits per heavy atom. The van der Waals surface area contributed by atoms with Crippen molar-refractivity contribution in [1.29, 1.82) is 5.26 Å². The van der Waals surface area contributed by atoms with Crippen LogP contribution in [0.15, 0.2) is 16.9 Å². The minimum Gasteiger partial charge on any atom is -0.324 e. The van der Waals surface area contributed by atoms with Gasteiger partial charge < -0.3 is 5.32 Å². The number of nitrogens with one attached hydrogen (secondary N) is 1. The van der Waals surface area contributed by atoms with E-state index in [1.165, 1.54) is 0 Å². The van der Waals surface area contributed by atoms with Gasteiger partial charge in [0.25, 0.3) is 5.56 Å². The lowest BCUT2D eigenvalue weighted by molar-refractivity contribution is -0.117. The second-order valence-electron chi connectivity index (χ2n) is 5.98. The van der Waals surface area contributed by atoms with E-state index in [-0.39, 0.29) is 12.1 Å². The van der Waals surface area contributed by atoms with Crippen LogP contribution in [0.2, 0.25) is 5.02 Å². The van der Waals surface area contributed by atoms with Crippen LogP contribution in [0.1, 0.15) is 41.8 Å². The van der Waals surface area contributed by atoms with E-state index in [0.717, 1.165) is 22.2 Å². The van der Waals surface area contributed by atoms with Gasteiger partial charge in [-0.1, -0.05) is 31.5 Å². The molecule has 1 N–H and O–H groups in total. The zero-order valence-electron chi connectivity index (χ0n) is 15.3. The number of rotatable bonds is 5. The number of aromatic nitrogens is 2. The highest BCUT2D eigenvalue weighted by molar-refractivity contribution is 6.32. The van der Waals surface area contributed by atoms with Gasteiger partial charge in [-0.2, -0.15) is 10.4 Å². The van der Waals surface area contributed by atoms with Crippen LogP contribution < -0.4 is 10.9 Å². The SMILES string of the molecule is CCc1ccc(Cl)c(CC)c1NC(=O)Cn1nc(C)c(C)c(C#N)c1=O. The third-order valence-electron chi connectivity index (χ3n) is 4.38. The first-order valence-electron chi connectivity index (χ1n) is 8.42. The van der Waals surface area contributed by atoms with Gasteiger partial charge in [0.15, 0.2) is 0 Å². The molecular weight excluding hydrogens is 352 g/mol. The van der Waals surface area contributed by atoms with Crippen molar-refractivity contribution in [2.45, 2.75) is 47.1 Å². The van der Waals surface area contributed by atoms with Crippen LogP contribution in [0.5, 0.6) is 0 Å². The molecule has 0 unspecified atom stereocenters. The van der Waals surface area contributed by atoms with Gasteiger partial charge >= 0.3 is 0 Å². The van der Waals surface area contributed by atoms with Crippen molar-refractivity contribution >= 4 is 23.2 Å². The summed E-state index contributed by atoms with van der Waals surface area (Å²) in [5.74, 6) is -0.390. The zero-order chi connectivity index (χ0) is 19.4. The van der Waals surface area contributed by atoms with Crippen molar-refractivity contribution in [3.8, 4) is 6.07 Å². The maximum absolute atomic E-state index is 12.5. The summed E-state index contributed by atoms with van der Waals surface area (Å²) in [5.41, 5.74) is 3.03. The van der Waals surface area contributed by atoms with E-state index in [1.807, 2.05) is 32.0 Å². The molecule has 136 valence electrons. The minimum absolute atomic E-state index is 0.0107. The average Bonchev–Trinajstić information content (AvgIpc) is 2.60. The van der Waals surface area contributed by atoms with Crippen molar-refractivity contribution in [2.75, 3.05) is 5.32 Å². The molecule has 2 rings (SSSR count). The number of benzene rings is 1. The Balaban J connectivity index is 2.37. The van der Waals surface area contributed by atoms with Crippen molar-refractivity contribution in [3.63, 3.8) is 0 Å². The molecule has 0 saturated carbocycles. The van der Waals surface area contributed by atoms with Gasteiger partial charge in [0.1, 0.15) is 18.2 Å². The molecule has 0 fully saturated rings. The van der Waals surface area contributed by atoms with Crippen molar-refractivity contribution in [2.24, 2.45) is 0 Å². The van der Waals surface area contributed by atoms with E-state index in [4.69, 9.17) is 11.6 Å². The third kappa shape index (κ3) is 3.78. The average molecular weight is 373 g/mol. The third-order valence-corrected chi connectivity index (χ3v) is 4.74. The lowest BCUT2D eigenvalue weighted by atomic mass is 10.0. The monoisotopic (exact) mass is 372 g/mol. The fraction of sp³-hybridized carbons (Fsp3) is 0.368. The number of hydrogen-bond acceptors (Lipinski definition) is 4. The number of anilines is 1. The molecule has 1 aromatic carbocycles. The molecule has 1 heterocycles. The first-order valence-corrected chi connectivity index (χ1v) is 8.80. The molecule has 26 heavy (non-hydrogen) atoms. The number of halogens is 1. The van der Waals surface area contributed by atoms with Crippen LogP contribution >= 0.6 is 11.6 Å². The Morgan fingerprint density at radius 2 is 2.00 bits per heavy atom. The summed E-state index contributed by atoms with van der Waals surface area (Å²) in [6.45, 7) is 7.05. The summed E-state index contributed by atoms with van der Waals surface area (Å²) in [6, 6.07) is 5.59. The molecule has 7 heteroatoms. The van der Waals surface area contributed by atoms with Gasteiger partial charge in [0.05, 0.1) is 5.69 Å². The number of nitrogens with zero attached hydrogens (tertiary/aromatic N) is 3. The summed E-state index contributed by atoms with van der Waals surface area (Å²) in [6.07, 6.45) is 1.41. The quantitative estimate of drug-likeness (QED) is 0.873. The predicted octanol–water partition coefficient (Wildman–Crippen LogP) is 3.15. The smallest absolute Gasteiger partial charge is 0.285 e. The molecule has 0 radical (unpaired) electrons. The van der Waals surface area contributed by atoms with Crippen LogP contribution in [0.25, 0.3) is 0 Å². The molecule has 0 aliphatic rings. The molecule has 0 bridgehead atoms. The minimum atomic E-state index is -0.566. The van der Waals surface area contributed by atoms with Crippen molar-refractivity contribution in [3.05, 3.63) is 55.5 Å². The topological polar surface area (TPSA) is 87.8 Å². The summed E-state index contributed by atoms with van der Waals surface area (Å²) in [5, 5.41) is 16.8. The summed E-state index contributed by atoms with van der Waals surface area (Å²) in [4.78, 5) is 24.9. The fourth-order valence-electron chi connectivity index (χ4n) is 2.79. The van der Waals surface area contributed by atoms with Crippen LogP contribution in [0, 0.1) is 25.2 Å². The molecule has 0 saturated heterocycles. The maximum atomic E-state index is 12.5. The Morgan fingerprint density at radius 3 is 2.58 bits per heavy atom. The summed E-state index contributed by atoms with van der Waals surface area (Å²) >= 11 is 6.25. The van der Waals surface area contributed by atoms with Crippen LogP contribution in [-0.4, -0.2) is 15.7 Å². The van der Waals surface area contributed by atoms with Gasteiger partial charge in [0, 0.05) is 10.7 Å². The zero-order valence-corrected chi connectivity index (χ0v) is 16.1. The second kappa shape index (κ2) is 8.15. The van der Waals surface area contributed by atoms with E-state index in [1.54, 1.807) is 13.8 Å². The van der Waals surface area contributed by atoms with E-state index >= 15 is 0 Å². The first kappa shape index (κ1) is 19.7. The molecule has 0 aliphatic heterocycles. The van der Waals surface area contributed by atoms with E-state index in [0.29, 0.717) is 28.4 Å². The summed E-state index contributed by atoms with van der Waals surface area (Å²) < 4.78 is 1.03. The van der Waals surface area contributed by atoms with Gasteiger partial charge in [-0.25, -0.2) is 4.68 Å². The Kier molecular flexibility index (Phi) is 6.17. The second-order valence-corrected chi connectivity index (χ2v) is 6.38.